The Morgan fingerprint density at radius 1 is 1.33 bits per heavy atom. The number of rotatable bonds is 3. The van der Waals surface area contributed by atoms with E-state index in [1.165, 1.54) is 7.11 Å². The minimum Gasteiger partial charge on any atom is -0.497 e. The summed E-state index contributed by atoms with van der Waals surface area (Å²) in [6.07, 6.45) is 0. The highest BCUT2D eigenvalue weighted by Gasteiger charge is 2.18. The largest absolute Gasteiger partial charge is 0.497 e. The number of carbonyl (C=O) groups excluding carboxylic acids is 1. The molecule has 21 heavy (non-hydrogen) atoms. The number of aromatic nitrogens is 2. The lowest BCUT2D eigenvalue weighted by Gasteiger charge is -2.14. The second-order valence-corrected chi connectivity index (χ2v) is 5.82. The zero-order valence-electron chi connectivity index (χ0n) is 12.7. The van der Waals surface area contributed by atoms with Crippen molar-refractivity contribution in [3.05, 3.63) is 35.5 Å². The van der Waals surface area contributed by atoms with Crippen LogP contribution in [0.3, 0.4) is 0 Å². The molecule has 2 aromatic rings. The zero-order chi connectivity index (χ0) is 15.6. The molecular formula is C15H20N4O2. The molecule has 0 unspecified atom stereocenters. The molecule has 1 aromatic heterocycles. The number of anilines is 2. The van der Waals surface area contributed by atoms with Crippen molar-refractivity contribution in [1.29, 1.82) is 0 Å². The molecule has 0 aliphatic heterocycles. The maximum absolute atomic E-state index is 12.3. The number of carbonyl (C=O) groups is 1. The van der Waals surface area contributed by atoms with E-state index in [1.807, 2.05) is 6.07 Å². The first-order valence-corrected chi connectivity index (χ1v) is 6.62. The monoisotopic (exact) mass is 288 g/mol. The summed E-state index contributed by atoms with van der Waals surface area (Å²) in [4.78, 5) is 12.3. The van der Waals surface area contributed by atoms with Crippen LogP contribution in [-0.4, -0.2) is 23.2 Å². The van der Waals surface area contributed by atoms with Gasteiger partial charge in [0, 0.05) is 22.9 Å². The maximum Gasteiger partial charge on any atom is 0.259 e. The van der Waals surface area contributed by atoms with Gasteiger partial charge in [-0.15, -0.1) is 0 Å². The molecule has 1 aromatic carbocycles. The molecule has 0 bridgehead atoms. The SMILES string of the molecule is COc1ccc(N)c(C(=O)Nc2cc(C(C)(C)C)[nH]n2)c1. The second-order valence-electron chi connectivity index (χ2n) is 5.82. The number of aromatic amines is 1. The van der Waals surface area contributed by atoms with Gasteiger partial charge in [-0.1, -0.05) is 20.8 Å². The average molecular weight is 288 g/mol. The Hall–Kier alpha value is -2.50. The van der Waals surface area contributed by atoms with E-state index >= 15 is 0 Å². The van der Waals surface area contributed by atoms with Crippen LogP contribution in [0, 0.1) is 0 Å². The summed E-state index contributed by atoms with van der Waals surface area (Å²) in [5, 5.41) is 9.74. The van der Waals surface area contributed by atoms with Crippen molar-refractivity contribution < 1.29 is 9.53 Å². The molecule has 2 rings (SSSR count). The first-order chi connectivity index (χ1) is 9.81. The molecule has 0 saturated carbocycles. The van der Waals surface area contributed by atoms with Crippen molar-refractivity contribution >= 4 is 17.4 Å². The van der Waals surface area contributed by atoms with Crippen LogP contribution < -0.4 is 15.8 Å². The van der Waals surface area contributed by atoms with E-state index in [1.54, 1.807) is 18.2 Å². The normalized spacial score (nSPS) is 11.2. The number of H-pyrrole nitrogens is 1. The third kappa shape index (κ3) is 3.34. The van der Waals surface area contributed by atoms with E-state index in [-0.39, 0.29) is 11.3 Å². The molecule has 0 aliphatic rings. The van der Waals surface area contributed by atoms with E-state index in [0.717, 1.165) is 5.69 Å². The van der Waals surface area contributed by atoms with Crippen LogP contribution >= 0.6 is 0 Å². The summed E-state index contributed by atoms with van der Waals surface area (Å²) >= 11 is 0. The summed E-state index contributed by atoms with van der Waals surface area (Å²) in [6.45, 7) is 6.19. The highest BCUT2D eigenvalue weighted by molar-refractivity contribution is 6.07. The predicted molar refractivity (Wildman–Crippen MR) is 82.6 cm³/mol. The number of hydrogen-bond acceptors (Lipinski definition) is 4. The standard InChI is InChI=1S/C15H20N4O2/c1-15(2,3)12-8-13(19-18-12)17-14(20)10-7-9(21-4)5-6-11(10)16/h5-8H,16H2,1-4H3,(H2,17,18,19,20). The number of nitrogens with two attached hydrogens (primary N) is 1. The minimum absolute atomic E-state index is 0.0645. The van der Waals surface area contributed by atoms with Crippen LogP contribution in [-0.2, 0) is 5.41 Å². The van der Waals surface area contributed by atoms with Crippen molar-refractivity contribution in [3.8, 4) is 5.75 Å². The minimum atomic E-state index is -0.321. The molecule has 0 radical (unpaired) electrons. The van der Waals surface area contributed by atoms with Gasteiger partial charge >= 0.3 is 0 Å². The lowest BCUT2D eigenvalue weighted by atomic mass is 9.92. The Bertz CT molecular complexity index is 656. The number of hydrogen-bond donors (Lipinski definition) is 3. The molecule has 0 fully saturated rings. The number of methoxy groups -OCH3 is 1. The quantitative estimate of drug-likeness (QED) is 0.757. The number of nitrogens with one attached hydrogen (secondary N) is 2. The van der Waals surface area contributed by atoms with Crippen LogP contribution in [0.4, 0.5) is 11.5 Å². The summed E-state index contributed by atoms with van der Waals surface area (Å²) in [7, 11) is 1.54. The molecule has 1 heterocycles. The molecular weight excluding hydrogens is 268 g/mol. The fourth-order valence-corrected chi connectivity index (χ4v) is 1.81. The van der Waals surface area contributed by atoms with E-state index < -0.39 is 0 Å². The number of amides is 1. The predicted octanol–water partition coefficient (Wildman–Crippen LogP) is 2.55. The van der Waals surface area contributed by atoms with Gasteiger partial charge in [0.25, 0.3) is 5.91 Å². The lowest BCUT2D eigenvalue weighted by molar-refractivity contribution is 0.102. The molecule has 0 saturated heterocycles. The molecule has 0 atom stereocenters. The summed E-state index contributed by atoms with van der Waals surface area (Å²) in [5.74, 6) is 0.720. The first-order valence-electron chi connectivity index (χ1n) is 6.62. The van der Waals surface area contributed by atoms with Gasteiger partial charge in [-0.25, -0.2) is 0 Å². The number of benzene rings is 1. The third-order valence-corrected chi connectivity index (χ3v) is 3.13. The fraction of sp³-hybridized carbons (Fsp3) is 0.333. The van der Waals surface area contributed by atoms with Gasteiger partial charge in [0.2, 0.25) is 0 Å². The topological polar surface area (TPSA) is 93.0 Å². The van der Waals surface area contributed by atoms with Gasteiger partial charge in [-0.05, 0) is 18.2 Å². The van der Waals surface area contributed by atoms with E-state index in [4.69, 9.17) is 10.5 Å². The van der Waals surface area contributed by atoms with Gasteiger partial charge in [-0.2, -0.15) is 5.10 Å². The molecule has 4 N–H and O–H groups in total. The Morgan fingerprint density at radius 2 is 2.05 bits per heavy atom. The van der Waals surface area contributed by atoms with Gasteiger partial charge < -0.3 is 15.8 Å². The molecule has 112 valence electrons. The highest BCUT2D eigenvalue weighted by Crippen LogP contribution is 2.23. The van der Waals surface area contributed by atoms with E-state index in [9.17, 15) is 4.79 Å². The average Bonchev–Trinajstić information content (AvgIpc) is 2.87. The molecule has 6 heteroatoms. The lowest BCUT2D eigenvalue weighted by Crippen LogP contribution is -2.14. The molecule has 6 nitrogen and oxygen atoms in total. The van der Waals surface area contributed by atoms with Gasteiger partial charge in [0.1, 0.15) is 5.75 Å². The fourth-order valence-electron chi connectivity index (χ4n) is 1.81. The van der Waals surface area contributed by atoms with Crippen molar-refractivity contribution in [1.82, 2.24) is 10.2 Å². The summed E-state index contributed by atoms with van der Waals surface area (Å²) in [6, 6.07) is 6.76. The van der Waals surface area contributed by atoms with Crippen LogP contribution in [0.15, 0.2) is 24.3 Å². The smallest absolute Gasteiger partial charge is 0.259 e. The van der Waals surface area contributed by atoms with Crippen LogP contribution in [0.25, 0.3) is 0 Å². The molecule has 0 aliphatic carbocycles. The first kappa shape index (κ1) is 14.9. The van der Waals surface area contributed by atoms with Gasteiger partial charge in [0.15, 0.2) is 5.82 Å². The number of ether oxygens (including phenoxy) is 1. The van der Waals surface area contributed by atoms with Crippen LogP contribution in [0.5, 0.6) is 5.75 Å². The maximum atomic E-state index is 12.3. The summed E-state index contributed by atoms with van der Waals surface area (Å²) < 4.78 is 5.10. The zero-order valence-corrected chi connectivity index (χ0v) is 12.7. The van der Waals surface area contributed by atoms with Crippen molar-refractivity contribution in [2.45, 2.75) is 26.2 Å². The Balaban J connectivity index is 2.20. The highest BCUT2D eigenvalue weighted by atomic mass is 16.5. The molecule has 1 amide bonds. The van der Waals surface area contributed by atoms with Crippen molar-refractivity contribution in [2.75, 3.05) is 18.2 Å². The number of nitrogen functional groups attached to an aromatic ring is 1. The van der Waals surface area contributed by atoms with Crippen LogP contribution in [0.1, 0.15) is 36.8 Å². The van der Waals surface area contributed by atoms with Crippen molar-refractivity contribution in [3.63, 3.8) is 0 Å². The Morgan fingerprint density at radius 3 is 2.62 bits per heavy atom. The van der Waals surface area contributed by atoms with Crippen LogP contribution in [0.2, 0.25) is 0 Å². The van der Waals surface area contributed by atoms with Gasteiger partial charge in [-0.3, -0.25) is 9.89 Å². The van der Waals surface area contributed by atoms with E-state index in [2.05, 4.69) is 36.3 Å². The summed E-state index contributed by atoms with van der Waals surface area (Å²) in [5.41, 5.74) is 7.45. The van der Waals surface area contributed by atoms with E-state index in [0.29, 0.717) is 22.8 Å². The second kappa shape index (κ2) is 5.47. The van der Waals surface area contributed by atoms with Crippen molar-refractivity contribution in [2.24, 2.45) is 0 Å². The Labute approximate surface area is 123 Å². The third-order valence-electron chi connectivity index (χ3n) is 3.13. The molecule has 0 spiro atoms. The van der Waals surface area contributed by atoms with Gasteiger partial charge in [0.05, 0.1) is 12.7 Å². The Kier molecular flexibility index (Phi) is 3.88. The number of nitrogens with zero attached hydrogens (tertiary/aromatic N) is 1.